The Labute approximate surface area is 245 Å². The van der Waals surface area contributed by atoms with Crippen LogP contribution in [0.15, 0.2) is 48.5 Å². The number of fused-ring (bicyclic) bond motifs is 1. The fourth-order valence-corrected chi connectivity index (χ4v) is 6.56. The number of carbonyl (C=O) groups excluding carboxylic acids is 2. The highest BCUT2D eigenvalue weighted by molar-refractivity contribution is 8.00. The van der Waals surface area contributed by atoms with Crippen LogP contribution in [-0.4, -0.2) is 67.4 Å². The molecule has 218 valence electrons. The molecule has 0 spiro atoms. The molecule has 2 amide bonds. The molecule has 41 heavy (non-hydrogen) atoms. The van der Waals surface area contributed by atoms with E-state index < -0.39 is 0 Å². The van der Waals surface area contributed by atoms with E-state index in [1.165, 1.54) is 11.8 Å². The number of para-hydroxylation sites is 1. The van der Waals surface area contributed by atoms with Crippen molar-refractivity contribution in [1.82, 2.24) is 15.1 Å². The Bertz CT molecular complexity index is 1390. The van der Waals surface area contributed by atoms with Crippen molar-refractivity contribution in [3.05, 3.63) is 65.4 Å². The Morgan fingerprint density at radius 1 is 1.12 bits per heavy atom. The van der Waals surface area contributed by atoms with Gasteiger partial charge in [0.15, 0.2) is 0 Å². The van der Waals surface area contributed by atoms with Gasteiger partial charge in [-0.2, -0.15) is 5.10 Å². The summed E-state index contributed by atoms with van der Waals surface area (Å²) in [5.74, 6) is 1.85. The minimum absolute atomic E-state index is 0.0112. The molecule has 1 aromatic heterocycles. The summed E-state index contributed by atoms with van der Waals surface area (Å²) in [6, 6.07) is 15.4. The second kappa shape index (κ2) is 12.2. The van der Waals surface area contributed by atoms with Crippen LogP contribution in [0.3, 0.4) is 0 Å². The van der Waals surface area contributed by atoms with Gasteiger partial charge in [-0.3, -0.25) is 14.5 Å². The van der Waals surface area contributed by atoms with Crippen LogP contribution >= 0.6 is 11.8 Å². The molecule has 1 saturated heterocycles. The third-order valence-electron chi connectivity index (χ3n) is 7.39. The minimum Gasteiger partial charge on any atom is -0.497 e. The van der Waals surface area contributed by atoms with Gasteiger partial charge in [0.05, 0.1) is 42.7 Å². The van der Waals surface area contributed by atoms with Gasteiger partial charge in [-0.25, -0.2) is 4.68 Å². The fourth-order valence-electron chi connectivity index (χ4n) is 5.34. The summed E-state index contributed by atoms with van der Waals surface area (Å²) in [5, 5.41) is 7.88. The average Bonchev–Trinajstić information content (AvgIpc) is 3.61. The van der Waals surface area contributed by atoms with Crippen LogP contribution in [0.1, 0.15) is 55.7 Å². The first-order valence-electron chi connectivity index (χ1n) is 13.9. The Morgan fingerprint density at radius 2 is 1.88 bits per heavy atom. The quantitative estimate of drug-likeness (QED) is 0.416. The monoisotopic (exact) mass is 578 g/mol. The topological polar surface area (TPSA) is 94.9 Å². The fraction of sp³-hybridized carbons (Fsp3) is 0.452. The number of hydrogen-bond donors (Lipinski definition) is 1. The second-order valence-corrected chi connectivity index (χ2v) is 12.4. The highest BCUT2D eigenvalue weighted by Crippen LogP contribution is 2.50. The zero-order valence-electron chi connectivity index (χ0n) is 24.3. The summed E-state index contributed by atoms with van der Waals surface area (Å²) in [6.45, 7) is 7.36. The lowest BCUT2D eigenvalue weighted by Gasteiger charge is -2.25. The molecule has 0 unspecified atom stereocenters. The molecule has 2 aliphatic heterocycles. The Morgan fingerprint density at radius 3 is 2.54 bits per heavy atom. The molecule has 2 aliphatic rings. The van der Waals surface area contributed by atoms with E-state index in [9.17, 15) is 9.59 Å². The third-order valence-corrected chi connectivity index (χ3v) is 8.63. The number of aromatic nitrogens is 2. The first-order valence-corrected chi connectivity index (χ1v) is 15.0. The number of ether oxygens (including phenoxy) is 3. The van der Waals surface area contributed by atoms with Crippen LogP contribution in [0.4, 0.5) is 5.82 Å². The predicted octanol–water partition coefficient (Wildman–Crippen LogP) is 4.65. The first-order chi connectivity index (χ1) is 19.7. The number of nitrogens with zero attached hydrogens (tertiary/aromatic N) is 3. The number of methoxy groups -OCH3 is 2. The number of carbonyl (C=O) groups is 2. The van der Waals surface area contributed by atoms with Crippen molar-refractivity contribution in [2.24, 2.45) is 0 Å². The van der Waals surface area contributed by atoms with Crippen molar-refractivity contribution in [1.29, 1.82) is 0 Å². The zero-order valence-corrected chi connectivity index (χ0v) is 25.1. The van der Waals surface area contributed by atoms with Crippen molar-refractivity contribution in [3.8, 4) is 17.2 Å². The Balaban J connectivity index is 1.67. The van der Waals surface area contributed by atoms with E-state index in [1.54, 1.807) is 23.8 Å². The standard InChI is InChI=1S/C31H38N4O5S/c1-31(2,3)29-27-28(23-10-6-7-11-24(23)39-5)41-19-26(37)34(18-25(36)32-17-22-9-8-16-40-22)30(27)35(33-29)20-12-14-21(38-4)15-13-20/h6-7,10-15,22,28H,8-9,16-19H2,1-5H3,(H,32,36)/t22-,28-/m0/s1. The molecule has 2 atom stereocenters. The smallest absolute Gasteiger partial charge is 0.240 e. The lowest BCUT2D eigenvalue weighted by molar-refractivity contribution is -0.123. The maximum atomic E-state index is 13.9. The zero-order chi connectivity index (χ0) is 29.1. The van der Waals surface area contributed by atoms with Crippen LogP contribution in [0.25, 0.3) is 5.69 Å². The van der Waals surface area contributed by atoms with Crippen molar-refractivity contribution >= 4 is 29.4 Å². The molecule has 0 aliphatic carbocycles. The molecule has 10 heteroatoms. The van der Waals surface area contributed by atoms with Crippen LogP contribution < -0.4 is 19.7 Å². The maximum Gasteiger partial charge on any atom is 0.240 e. The minimum atomic E-state index is -0.357. The van der Waals surface area contributed by atoms with Gasteiger partial charge in [0.1, 0.15) is 23.9 Å². The molecule has 0 radical (unpaired) electrons. The van der Waals surface area contributed by atoms with Crippen molar-refractivity contribution < 1.29 is 23.8 Å². The summed E-state index contributed by atoms with van der Waals surface area (Å²) < 4.78 is 18.6. The maximum absolute atomic E-state index is 13.9. The lowest BCUT2D eigenvalue weighted by Crippen LogP contribution is -2.44. The molecule has 2 aromatic carbocycles. The van der Waals surface area contributed by atoms with Crippen molar-refractivity contribution in [3.63, 3.8) is 0 Å². The van der Waals surface area contributed by atoms with Gasteiger partial charge in [0.2, 0.25) is 11.8 Å². The van der Waals surface area contributed by atoms with Crippen LogP contribution in [-0.2, 0) is 19.7 Å². The molecular formula is C31H38N4O5S. The molecule has 9 nitrogen and oxygen atoms in total. The largest absolute Gasteiger partial charge is 0.497 e. The Kier molecular flexibility index (Phi) is 8.60. The summed E-state index contributed by atoms with van der Waals surface area (Å²) >= 11 is 1.53. The van der Waals surface area contributed by atoms with Gasteiger partial charge in [0, 0.05) is 29.7 Å². The van der Waals surface area contributed by atoms with E-state index in [2.05, 4.69) is 26.1 Å². The van der Waals surface area contributed by atoms with Crippen LogP contribution in [0, 0.1) is 0 Å². The summed E-state index contributed by atoms with van der Waals surface area (Å²) in [7, 11) is 3.28. The van der Waals surface area contributed by atoms with Gasteiger partial charge < -0.3 is 19.5 Å². The van der Waals surface area contributed by atoms with Crippen LogP contribution in [0.5, 0.6) is 11.5 Å². The number of benzene rings is 2. The number of hydrogen-bond acceptors (Lipinski definition) is 7. The molecule has 3 aromatic rings. The van der Waals surface area contributed by atoms with Gasteiger partial charge in [-0.15, -0.1) is 11.8 Å². The lowest BCUT2D eigenvalue weighted by atomic mass is 9.87. The number of thioether (sulfide) groups is 1. The predicted molar refractivity (Wildman–Crippen MR) is 160 cm³/mol. The van der Waals surface area contributed by atoms with E-state index in [0.717, 1.165) is 41.1 Å². The molecule has 3 heterocycles. The molecule has 5 rings (SSSR count). The van der Waals surface area contributed by atoms with Gasteiger partial charge >= 0.3 is 0 Å². The average molecular weight is 579 g/mol. The summed E-state index contributed by atoms with van der Waals surface area (Å²) in [4.78, 5) is 28.7. The third kappa shape index (κ3) is 6.08. The molecule has 1 N–H and O–H groups in total. The highest BCUT2D eigenvalue weighted by atomic mass is 32.2. The van der Waals surface area contributed by atoms with Crippen molar-refractivity contribution in [2.75, 3.05) is 44.6 Å². The van der Waals surface area contributed by atoms with E-state index in [-0.39, 0.29) is 40.9 Å². The van der Waals surface area contributed by atoms with Crippen LogP contribution in [0.2, 0.25) is 0 Å². The van der Waals surface area contributed by atoms with E-state index >= 15 is 0 Å². The SMILES string of the molecule is COc1ccc(-n2nc(C(C)(C)C)c3c2N(CC(=O)NC[C@@H]2CCCO2)C(=O)CS[C@H]3c2ccccc2OC)cc1. The summed E-state index contributed by atoms with van der Waals surface area (Å²) in [5.41, 5.74) is 3.12. The second-order valence-electron chi connectivity index (χ2n) is 11.3. The van der Waals surface area contributed by atoms with Gasteiger partial charge in [0.25, 0.3) is 0 Å². The molecule has 0 saturated carbocycles. The van der Waals surface area contributed by atoms with Gasteiger partial charge in [-0.1, -0.05) is 39.0 Å². The molecule has 0 bridgehead atoms. The number of nitrogens with one attached hydrogen (secondary N) is 1. The van der Waals surface area contributed by atoms with Gasteiger partial charge in [-0.05, 0) is 43.2 Å². The highest BCUT2D eigenvalue weighted by Gasteiger charge is 2.40. The molecular weight excluding hydrogens is 540 g/mol. The number of rotatable bonds is 8. The number of amides is 2. The number of anilines is 1. The normalized spacial score (nSPS) is 19.0. The Hall–Kier alpha value is -3.50. The summed E-state index contributed by atoms with van der Waals surface area (Å²) in [6.07, 6.45) is 1.92. The van der Waals surface area contributed by atoms with Crippen molar-refractivity contribution in [2.45, 2.75) is 50.4 Å². The van der Waals surface area contributed by atoms with E-state index in [4.69, 9.17) is 19.3 Å². The van der Waals surface area contributed by atoms with E-state index in [0.29, 0.717) is 24.7 Å². The van der Waals surface area contributed by atoms with E-state index in [1.807, 2.05) is 48.5 Å². The molecule has 1 fully saturated rings. The first kappa shape index (κ1) is 29.0.